The van der Waals surface area contributed by atoms with Crippen LogP contribution in [0.15, 0.2) is 48.5 Å². The van der Waals surface area contributed by atoms with Crippen molar-refractivity contribution in [3.05, 3.63) is 70.8 Å². The van der Waals surface area contributed by atoms with Gasteiger partial charge in [-0.3, -0.25) is 0 Å². The molecule has 2 nitrogen and oxygen atoms in total. The molecule has 2 aromatic carbocycles. The summed E-state index contributed by atoms with van der Waals surface area (Å²) < 4.78 is 0. The van der Waals surface area contributed by atoms with Crippen molar-refractivity contribution >= 4 is 42.8 Å². The summed E-state index contributed by atoms with van der Waals surface area (Å²) in [6, 6.07) is 14.6. The first-order chi connectivity index (χ1) is 10.8. The first kappa shape index (κ1) is 18.2. The molecule has 0 atom stereocenters. The number of aryl methyl sites for hydroxylation is 2. The van der Waals surface area contributed by atoms with Crippen LogP contribution in [0.1, 0.15) is 31.8 Å². The fourth-order valence-electron chi connectivity index (χ4n) is 2.08. The standard InChI is InChI=1S/C18H18Cl2O2Se/c1-13-3-7-15(8-4-13)17(21)11-23(19,20)12-18(22)16-9-5-14(2)6-10-16/h3-10H,11-12H2,1-2H3. The Labute approximate surface area is 147 Å². The molecule has 122 valence electrons. The Balaban J connectivity index is 2.03. The fourth-order valence-corrected chi connectivity index (χ4v) is 6.66. The van der Waals surface area contributed by atoms with Gasteiger partial charge in [-0.25, -0.2) is 0 Å². The summed E-state index contributed by atoms with van der Waals surface area (Å²) in [5.74, 6) is -0.210. The number of benzene rings is 2. The molecule has 23 heavy (non-hydrogen) atoms. The van der Waals surface area contributed by atoms with E-state index < -0.39 is 11.0 Å². The van der Waals surface area contributed by atoms with Crippen molar-refractivity contribution in [3.63, 3.8) is 0 Å². The van der Waals surface area contributed by atoms with E-state index in [-0.39, 0.29) is 22.2 Å². The van der Waals surface area contributed by atoms with Crippen LogP contribution in [-0.4, -0.2) is 22.6 Å². The molecule has 2 aromatic rings. The number of hydrogen-bond acceptors (Lipinski definition) is 2. The van der Waals surface area contributed by atoms with E-state index in [1.165, 1.54) is 0 Å². The van der Waals surface area contributed by atoms with Crippen LogP contribution in [0.25, 0.3) is 0 Å². The number of carbonyl (C=O) groups is 2. The zero-order valence-electron chi connectivity index (χ0n) is 13.0. The number of Topliss-reactive ketones (excluding diaryl/α,β-unsaturated/α-hetero) is 2. The third kappa shape index (κ3) is 5.47. The molecule has 0 aliphatic heterocycles. The second-order valence-electron chi connectivity index (χ2n) is 5.57. The summed E-state index contributed by atoms with van der Waals surface area (Å²) in [4.78, 5) is 24.6. The summed E-state index contributed by atoms with van der Waals surface area (Å²) >= 11 is -3.17. The summed E-state index contributed by atoms with van der Waals surface area (Å²) in [5.41, 5.74) is 3.33. The molecule has 0 amide bonds. The summed E-state index contributed by atoms with van der Waals surface area (Å²) in [7, 11) is 12.7. The molecule has 5 heteroatoms. The molecule has 2 rings (SSSR count). The van der Waals surface area contributed by atoms with Crippen molar-refractivity contribution in [1.29, 1.82) is 0 Å². The van der Waals surface area contributed by atoms with Crippen LogP contribution in [0.5, 0.6) is 0 Å². The van der Waals surface area contributed by atoms with Crippen molar-refractivity contribution in [2.45, 2.75) is 24.5 Å². The Morgan fingerprint density at radius 3 is 1.35 bits per heavy atom. The Morgan fingerprint density at radius 1 is 0.739 bits per heavy atom. The van der Waals surface area contributed by atoms with E-state index in [4.69, 9.17) is 20.2 Å². The molecule has 0 saturated carbocycles. The molecule has 0 aliphatic rings. The van der Waals surface area contributed by atoms with E-state index in [1.807, 2.05) is 38.1 Å². The Kier molecular flexibility index (Phi) is 6.05. The van der Waals surface area contributed by atoms with E-state index in [2.05, 4.69) is 0 Å². The van der Waals surface area contributed by atoms with Gasteiger partial charge in [-0.1, -0.05) is 0 Å². The molecule has 0 saturated heterocycles. The Bertz CT molecular complexity index is 645. The predicted molar refractivity (Wildman–Crippen MR) is 98.1 cm³/mol. The van der Waals surface area contributed by atoms with E-state index in [0.717, 1.165) is 11.1 Å². The van der Waals surface area contributed by atoms with Crippen LogP contribution in [0.2, 0.25) is 10.6 Å². The number of ketones is 2. The molecule has 0 radical (unpaired) electrons. The van der Waals surface area contributed by atoms with Gasteiger partial charge in [0.05, 0.1) is 0 Å². The number of carbonyl (C=O) groups excluding carboxylic acids is 2. The zero-order chi connectivity index (χ0) is 17.0. The first-order valence-corrected chi connectivity index (χ1v) is 14.1. The Morgan fingerprint density at radius 2 is 1.04 bits per heavy atom. The van der Waals surface area contributed by atoms with Crippen LogP contribution in [-0.2, 0) is 0 Å². The van der Waals surface area contributed by atoms with Crippen LogP contribution in [0.3, 0.4) is 0 Å². The monoisotopic (exact) mass is 416 g/mol. The van der Waals surface area contributed by atoms with Gasteiger partial charge in [0.15, 0.2) is 0 Å². The van der Waals surface area contributed by atoms with Gasteiger partial charge in [0.1, 0.15) is 0 Å². The molecule has 0 heterocycles. The van der Waals surface area contributed by atoms with Crippen LogP contribution >= 0.6 is 20.2 Å². The average Bonchev–Trinajstić information content (AvgIpc) is 2.47. The molecular weight excluding hydrogens is 398 g/mol. The molecule has 0 bridgehead atoms. The van der Waals surface area contributed by atoms with Gasteiger partial charge in [-0.15, -0.1) is 0 Å². The molecule has 0 aliphatic carbocycles. The average molecular weight is 416 g/mol. The van der Waals surface area contributed by atoms with Gasteiger partial charge >= 0.3 is 148 Å². The third-order valence-corrected chi connectivity index (χ3v) is 8.57. The second kappa shape index (κ2) is 7.63. The number of halogens is 2. The van der Waals surface area contributed by atoms with Crippen molar-refractivity contribution in [2.75, 3.05) is 0 Å². The van der Waals surface area contributed by atoms with Crippen molar-refractivity contribution in [1.82, 2.24) is 0 Å². The molecule has 0 N–H and O–H groups in total. The number of hydrogen-bond donors (Lipinski definition) is 0. The minimum absolute atomic E-state index is 0.0558. The topological polar surface area (TPSA) is 34.1 Å². The summed E-state index contributed by atoms with van der Waals surface area (Å²) in [6.07, 6.45) is 0. The fraction of sp³-hybridized carbons (Fsp3) is 0.222. The SMILES string of the molecule is Cc1ccc(C(=O)C[Se](Cl)(Cl)CC(=O)c2ccc(C)cc2)cc1. The molecule has 0 spiro atoms. The molecule has 0 unspecified atom stereocenters. The second-order valence-corrected chi connectivity index (χ2v) is 16.7. The Hall–Kier alpha value is -1.12. The summed E-state index contributed by atoms with van der Waals surface area (Å²) in [5, 5.41) is 0.112. The third-order valence-electron chi connectivity index (χ3n) is 3.43. The van der Waals surface area contributed by atoms with Crippen LogP contribution < -0.4 is 0 Å². The normalized spacial score (nSPS) is 12.0. The predicted octanol–water partition coefficient (Wildman–Crippen LogP) is 5.29. The van der Waals surface area contributed by atoms with E-state index in [1.54, 1.807) is 24.3 Å². The van der Waals surface area contributed by atoms with Gasteiger partial charge in [-0.2, -0.15) is 0 Å². The molecular formula is C18H18Cl2O2Se. The minimum atomic E-state index is -3.17. The van der Waals surface area contributed by atoms with Gasteiger partial charge in [-0.05, 0) is 0 Å². The zero-order valence-corrected chi connectivity index (χ0v) is 16.2. The van der Waals surface area contributed by atoms with Crippen LogP contribution in [0, 0.1) is 13.8 Å². The molecule has 0 fully saturated rings. The van der Waals surface area contributed by atoms with E-state index in [9.17, 15) is 9.59 Å². The van der Waals surface area contributed by atoms with E-state index in [0.29, 0.717) is 11.1 Å². The van der Waals surface area contributed by atoms with Crippen molar-refractivity contribution < 1.29 is 9.59 Å². The first-order valence-electron chi connectivity index (χ1n) is 7.14. The van der Waals surface area contributed by atoms with Crippen molar-refractivity contribution in [3.8, 4) is 0 Å². The van der Waals surface area contributed by atoms with Gasteiger partial charge in [0.25, 0.3) is 0 Å². The maximum absolute atomic E-state index is 12.3. The van der Waals surface area contributed by atoms with Crippen molar-refractivity contribution in [2.24, 2.45) is 0 Å². The van der Waals surface area contributed by atoms with E-state index >= 15 is 0 Å². The van der Waals surface area contributed by atoms with Gasteiger partial charge in [0, 0.05) is 0 Å². The number of rotatable bonds is 6. The molecule has 0 aromatic heterocycles. The summed E-state index contributed by atoms with van der Waals surface area (Å²) in [6.45, 7) is 3.91. The van der Waals surface area contributed by atoms with Gasteiger partial charge in [0.2, 0.25) is 0 Å². The maximum atomic E-state index is 12.3. The quantitative estimate of drug-likeness (QED) is 0.474. The van der Waals surface area contributed by atoms with Gasteiger partial charge < -0.3 is 0 Å². The van der Waals surface area contributed by atoms with Crippen LogP contribution in [0.4, 0.5) is 0 Å².